The van der Waals surface area contributed by atoms with Crippen LogP contribution < -0.4 is 0 Å². The van der Waals surface area contributed by atoms with Crippen LogP contribution in [0.3, 0.4) is 0 Å². The largest absolute Gasteiger partial charge is 0.123 e. The van der Waals surface area contributed by atoms with Crippen LogP contribution in [0.25, 0.3) is 0 Å². The second-order valence-electron chi connectivity index (χ2n) is 5.77. The van der Waals surface area contributed by atoms with Crippen LogP contribution in [0.4, 0.5) is 0 Å². The molecule has 92 valence electrons. The average Bonchev–Trinajstić information content (AvgIpc) is 2.09. The molecule has 0 aromatic heterocycles. The molecule has 0 aromatic carbocycles. The Labute approximate surface area is 102 Å². The van der Waals surface area contributed by atoms with Crippen molar-refractivity contribution in [3.63, 3.8) is 0 Å². The molecule has 15 heavy (non-hydrogen) atoms. The number of hydrogen-bond acceptors (Lipinski definition) is 0. The molecule has 0 aliphatic heterocycles. The van der Waals surface area contributed by atoms with Crippen molar-refractivity contribution in [2.45, 2.75) is 78.5 Å². The van der Waals surface area contributed by atoms with Gasteiger partial charge < -0.3 is 0 Å². The summed E-state index contributed by atoms with van der Waals surface area (Å²) in [5.41, 5.74) is 0.412. The van der Waals surface area contributed by atoms with Gasteiger partial charge in [0, 0.05) is 5.38 Å². The maximum atomic E-state index is 6.09. The predicted octanol–water partition coefficient (Wildman–Crippen LogP) is 5.64. The fourth-order valence-corrected chi connectivity index (χ4v) is 2.99. The van der Waals surface area contributed by atoms with E-state index in [0.717, 1.165) is 12.3 Å². The SMILES string of the molecule is CCCCC(CC)CC(C)(C)CC(C)Cl. The first kappa shape index (κ1) is 15.3. The molecular formula is C14H29Cl. The molecule has 0 spiro atoms. The van der Waals surface area contributed by atoms with Crippen molar-refractivity contribution in [3.05, 3.63) is 0 Å². The summed E-state index contributed by atoms with van der Waals surface area (Å²) in [7, 11) is 0. The zero-order valence-corrected chi connectivity index (χ0v) is 12.0. The molecule has 0 N–H and O–H groups in total. The standard InChI is InChI=1S/C14H29Cl/c1-6-8-9-13(7-2)11-14(4,5)10-12(3)15/h12-13H,6-11H2,1-5H3. The van der Waals surface area contributed by atoms with Crippen LogP contribution in [0.15, 0.2) is 0 Å². The minimum Gasteiger partial charge on any atom is -0.123 e. The monoisotopic (exact) mass is 232 g/mol. The third kappa shape index (κ3) is 8.13. The zero-order valence-electron chi connectivity index (χ0n) is 11.3. The van der Waals surface area contributed by atoms with E-state index in [1.807, 2.05) is 0 Å². The second-order valence-corrected chi connectivity index (χ2v) is 6.51. The van der Waals surface area contributed by atoms with Crippen LogP contribution >= 0.6 is 11.6 Å². The molecule has 1 heteroatoms. The van der Waals surface area contributed by atoms with Gasteiger partial charge in [-0.05, 0) is 31.1 Å². The van der Waals surface area contributed by atoms with E-state index in [1.165, 1.54) is 32.1 Å². The Hall–Kier alpha value is 0.290. The van der Waals surface area contributed by atoms with Crippen molar-refractivity contribution < 1.29 is 0 Å². The molecule has 0 rings (SSSR count). The lowest BCUT2D eigenvalue weighted by Gasteiger charge is -2.30. The molecule has 0 bridgehead atoms. The van der Waals surface area contributed by atoms with Crippen LogP contribution in [0.1, 0.15) is 73.1 Å². The van der Waals surface area contributed by atoms with Gasteiger partial charge in [-0.3, -0.25) is 0 Å². The smallest absolute Gasteiger partial charge is 0.0312 e. The first-order chi connectivity index (χ1) is 6.91. The van der Waals surface area contributed by atoms with Crippen molar-refractivity contribution in [3.8, 4) is 0 Å². The Balaban J connectivity index is 4.02. The molecule has 0 fully saturated rings. The molecule has 0 nitrogen and oxygen atoms in total. The topological polar surface area (TPSA) is 0 Å². The number of hydrogen-bond donors (Lipinski definition) is 0. The molecular weight excluding hydrogens is 204 g/mol. The fourth-order valence-electron chi connectivity index (χ4n) is 2.57. The highest BCUT2D eigenvalue weighted by molar-refractivity contribution is 6.20. The zero-order chi connectivity index (χ0) is 11.9. The Kier molecular flexibility index (Phi) is 7.69. The first-order valence-electron chi connectivity index (χ1n) is 6.55. The van der Waals surface area contributed by atoms with Crippen LogP contribution in [0.5, 0.6) is 0 Å². The maximum Gasteiger partial charge on any atom is 0.0312 e. The molecule has 0 radical (unpaired) electrons. The van der Waals surface area contributed by atoms with Crippen molar-refractivity contribution in [2.75, 3.05) is 0 Å². The summed E-state index contributed by atoms with van der Waals surface area (Å²) in [5, 5.41) is 0.309. The van der Waals surface area contributed by atoms with Gasteiger partial charge in [-0.1, -0.05) is 53.4 Å². The van der Waals surface area contributed by atoms with Gasteiger partial charge >= 0.3 is 0 Å². The minimum atomic E-state index is 0.309. The summed E-state index contributed by atoms with van der Waals surface area (Å²) in [5.74, 6) is 0.898. The Bertz CT molecular complexity index is 149. The Morgan fingerprint density at radius 1 is 1.13 bits per heavy atom. The van der Waals surface area contributed by atoms with E-state index in [9.17, 15) is 0 Å². The van der Waals surface area contributed by atoms with E-state index >= 15 is 0 Å². The number of halogens is 1. The van der Waals surface area contributed by atoms with E-state index in [1.54, 1.807) is 0 Å². The van der Waals surface area contributed by atoms with E-state index in [0.29, 0.717) is 10.8 Å². The summed E-state index contributed by atoms with van der Waals surface area (Å²) in [6.07, 6.45) is 7.89. The van der Waals surface area contributed by atoms with Gasteiger partial charge in [0.2, 0.25) is 0 Å². The van der Waals surface area contributed by atoms with Crippen molar-refractivity contribution in [1.29, 1.82) is 0 Å². The van der Waals surface area contributed by atoms with E-state index in [4.69, 9.17) is 11.6 Å². The third-order valence-electron chi connectivity index (χ3n) is 3.22. The van der Waals surface area contributed by atoms with Gasteiger partial charge in [0.15, 0.2) is 0 Å². The van der Waals surface area contributed by atoms with Crippen LogP contribution in [-0.4, -0.2) is 5.38 Å². The average molecular weight is 233 g/mol. The summed E-state index contributed by atoms with van der Waals surface area (Å²) in [4.78, 5) is 0. The van der Waals surface area contributed by atoms with E-state index < -0.39 is 0 Å². The molecule has 0 amide bonds. The van der Waals surface area contributed by atoms with Gasteiger partial charge in [-0.25, -0.2) is 0 Å². The minimum absolute atomic E-state index is 0.309. The van der Waals surface area contributed by atoms with Crippen molar-refractivity contribution in [2.24, 2.45) is 11.3 Å². The summed E-state index contributed by atoms with van der Waals surface area (Å²) >= 11 is 6.09. The fraction of sp³-hybridized carbons (Fsp3) is 1.00. The summed E-state index contributed by atoms with van der Waals surface area (Å²) < 4.78 is 0. The lowest BCUT2D eigenvalue weighted by atomic mass is 9.77. The molecule has 0 heterocycles. The van der Waals surface area contributed by atoms with Crippen molar-refractivity contribution in [1.82, 2.24) is 0 Å². The second kappa shape index (κ2) is 7.54. The highest BCUT2D eigenvalue weighted by Gasteiger charge is 2.23. The molecule has 2 unspecified atom stereocenters. The van der Waals surface area contributed by atoms with Crippen molar-refractivity contribution >= 4 is 11.6 Å². The van der Waals surface area contributed by atoms with E-state index in [-0.39, 0.29) is 0 Å². The molecule has 0 saturated heterocycles. The quantitative estimate of drug-likeness (QED) is 0.476. The molecule has 0 aromatic rings. The van der Waals surface area contributed by atoms with Gasteiger partial charge in [0.05, 0.1) is 0 Å². The summed E-state index contributed by atoms with van der Waals surface area (Å²) in [6.45, 7) is 11.4. The lowest BCUT2D eigenvalue weighted by molar-refractivity contribution is 0.232. The van der Waals surface area contributed by atoms with Gasteiger partial charge in [0.1, 0.15) is 0 Å². The molecule has 2 atom stereocenters. The number of rotatable bonds is 8. The highest BCUT2D eigenvalue weighted by Crippen LogP contribution is 2.35. The number of unbranched alkanes of at least 4 members (excludes halogenated alkanes) is 1. The predicted molar refractivity (Wildman–Crippen MR) is 71.6 cm³/mol. The molecule has 0 aliphatic carbocycles. The van der Waals surface area contributed by atoms with Crippen LogP contribution in [-0.2, 0) is 0 Å². The first-order valence-corrected chi connectivity index (χ1v) is 6.99. The Morgan fingerprint density at radius 2 is 1.73 bits per heavy atom. The van der Waals surface area contributed by atoms with Gasteiger partial charge in [0.25, 0.3) is 0 Å². The molecule has 0 aliphatic rings. The summed E-state index contributed by atoms with van der Waals surface area (Å²) in [6, 6.07) is 0. The maximum absolute atomic E-state index is 6.09. The lowest BCUT2D eigenvalue weighted by Crippen LogP contribution is -2.20. The Morgan fingerprint density at radius 3 is 2.13 bits per heavy atom. The molecule has 0 saturated carbocycles. The van der Waals surface area contributed by atoms with E-state index in [2.05, 4.69) is 34.6 Å². The highest BCUT2D eigenvalue weighted by atomic mass is 35.5. The van der Waals surface area contributed by atoms with Gasteiger partial charge in [-0.15, -0.1) is 11.6 Å². The van der Waals surface area contributed by atoms with Gasteiger partial charge in [-0.2, -0.15) is 0 Å². The van der Waals surface area contributed by atoms with Crippen LogP contribution in [0, 0.1) is 11.3 Å². The third-order valence-corrected chi connectivity index (χ3v) is 3.37. The van der Waals surface area contributed by atoms with Crippen LogP contribution in [0.2, 0.25) is 0 Å². The normalized spacial score (nSPS) is 16.4. The number of alkyl halides is 1.